The first-order valence-corrected chi connectivity index (χ1v) is 12.3. The van der Waals surface area contributed by atoms with Gasteiger partial charge in [0.2, 0.25) is 0 Å². The predicted octanol–water partition coefficient (Wildman–Crippen LogP) is 4.35. The van der Waals surface area contributed by atoms with Crippen molar-refractivity contribution >= 4 is 15.8 Å². The van der Waals surface area contributed by atoms with Gasteiger partial charge < -0.3 is 4.74 Å². The van der Waals surface area contributed by atoms with Crippen molar-refractivity contribution in [3.8, 4) is 5.75 Å². The minimum absolute atomic E-state index is 0.00634. The summed E-state index contributed by atoms with van der Waals surface area (Å²) < 4.78 is 101. The van der Waals surface area contributed by atoms with Crippen molar-refractivity contribution in [2.45, 2.75) is 29.5 Å². The maximum absolute atomic E-state index is 14.9. The molecule has 36 heavy (non-hydrogen) atoms. The molecule has 2 heterocycles. The molecule has 4 rings (SSSR count). The van der Waals surface area contributed by atoms with Crippen LogP contribution in [0.15, 0.2) is 66.0 Å². The Morgan fingerprint density at radius 3 is 2.50 bits per heavy atom. The Labute approximate surface area is 204 Å². The molecule has 2 atom stereocenters. The summed E-state index contributed by atoms with van der Waals surface area (Å²) in [7, 11) is -4.52. The molecule has 1 aromatic heterocycles. The number of nitrogens with zero attached hydrogens (tertiary/aromatic N) is 3. The van der Waals surface area contributed by atoms with E-state index >= 15 is 0 Å². The SMILES string of the molecule is O=S(=O)(Nc1ccncn1)c1cc(F)c(O[C@H]2CCN(CC(F)(F)F)C[C@@H]2c2ccccc2)cc1F. The van der Waals surface area contributed by atoms with E-state index in [2.05, 4.69) is 9.97 Å². The number of benzene rings is 2. The third-order valence-electron chi connectivity index (χ3n) is 5.64. The zero-order chi connectivity index (χ0) is 25.9. The summed E-state index contributed by atoms with van der Waals surface area (Å²) in [6.45, 7) is -1.07. The van der Waals surface area contributed by atoms with Crippen molar-refractivity contribution in [1.82, 2.24) is 14.9 Å². The predicted molar refractivity (Wildman–Crippen MR) is 120 cm³/mol. The summed E-state index contributed by atoms with van der Waals surface area (Å²) in [5.41, 5.74) is 0.684. The molecule has 13 heteroatoms. The van der Waals surface area contributed by atoms with Gasteiger partial charge in [0, 0.05) is 37.3 Å². The van der Waals surface area contributed by atoms with E-state index in [9.17, 15) is 30.4 Å². The maximum Gasteiger partial charge on any atom is 0.401 e. The highest BCUT2D eigenvalue weighted by atomic mass is 32.2. The summed E-state index contributed by atoms with van der Waals surface area (Å²) in [5.74, 6) is -3.64. The first-order valence-electron chi connectivity index (χ1n) is 10.8. The number of hydrogen-bond acceptors (Lipinski definition) is 6. The largest absolute Gasteiger partial charge is 0.487 e. The highest BCUT2D eigenvalue weighted by molar-refractivity contribution is 7.92. The van der Waals surface area contributed by atoms with Gasteiger partial charge in [-0.1, -0.05) is 30.3 Å². The Morgan fingerprint density at radius 2 is 1.83 bits per heavy atom. The Bertz CT molecular complexity index is 1290. The van der Waals surface area contributed by atoms with Crippen LogP contribution in [0, 0.1) is 11.6 Å². The lowest BCUT2D eigenvalue weighted by Crippen LogP contribution is -2.47. The minimum Gasteiger partial charge on any atom is -0.487 e. The van der Waals surface area contributed by atoms with E-state index in [1.54, 1.807) is 30.3 Å². The first kappa shape index (κ1) is 25.8. The molecule has 1 aliphatic rings. The van der Waals surface area contributed by atoms with E-state index in [0.717, 1.165) is 6.33 Å². The second kappa shape index (κ2) is 10.3. The molecule has 192 valence electrons. The smallest absolute Gasteiger partial charge is 0.401 e. The molecule has 3 aromatic rings. The lowest BCUT2D eigenvalue weighted by atomic mass is 9.87. The van der Waals surface area contributed by atoms with Crippen molar-refractivity contribution in [2.75, 3.05) is 24.4 Å². The molecule has 7 nitrogen and oxygen atoms in total. The van der Waals surface area contributed by atoms with Gasteiger partial charge in [0.05, 0.1) is 6.54 Å². The Kier molecular flexibility index (Phi) is 7.41. The van der Waals surface area contributed by atoms with Gasteiger partial charge in [-0.3, -0.25) is 9.62 Å². The first-order chi connectivity index (χ1) is 17.0. The quantitative estimate of drug-likeness (QED) is 0.459. The molecule has 1 saturated heterocycles. The van der Waals surface area contributed by atoms with Gasteiger partial charge >= 0.3 is 6.18 Å². The van der Waals surface area contributed by atoms with Gasteiger partial charge in [0.15, 0.2) is 11.6 Å². The van der Waals surface area contributed by atoms with Crippen molar-refractivity contribution in [1.29, 1.82) is 0 Å². The van der Waals surface area contributed by atoms with Gasteiger partial charge in [-0.2, -0.15) is 13.2 Å². The summed E-state index contributed by atoms with van der Waals surface area (Å²) in [6.07, 6.45) is -2.69. The second-order valence-electron chi connectivity index (χ2n) is 8.23. The summed E-state index contributed by atoms with van der Waals surface area (Å²) in [4.78, 5) is 7.61. The Hall–Kier alpha value is -3.32. The average Bonchev–Trinajstić information content (AvgIpc) is 2.82. The molecule has 0 amide bonds. The van der Waals surface area contributed by atoms with Crippen molar-refractivity contribution in [2.24, 2.45) is 0 Å². The number of likely N-dealkylation sites (tertiary alicyclic amines) is 1. The molecule has 0 saturated carbocycles. The van der Waals surface area contributed by atoms with E-state index in [0.29, 0.717) is 17.7 Å². The number of anilines is 1. The molecule has 1 N–H and O–H groups in total. The number of alkyl halides is 3. The third kappa shape index (κ3) is 6.26. The fourth-order valence-corrected chi connectivity index (χ4v) is 5.15. The fraction of sp³-hybridized carbons (Fsp3) is 0.304. The van der Waals surface area contributed by atoms with E-state index in [1.165, 1.54) is 17.2 Å². The van der Waals surface area contributed by atoms with Crippen molar-refractivity contribution in [3.63, 3.8) is 0 Å². The molecular formula is C23H21F5N4O3S. The van der Waals surface area contributed by atoms with Crippen LogP contribution in [-0.4, -0.2) is 55.2 Å². The van der Waals surface area contributed by atoms with Gasteiger partial charge in [-0.25, -0.2) is 27.2 Å². The van der Waals surface area contributed by atoms with Gasteiger partial charge in [0.25, 0.3) is 10.0 Å². The highest BCUT2D eigenvalue weighted by Gasteiger charge is 2.38. The standard InChI is InChI=1S/C23H21F5N4O3S/c24-17-11-21(36(33,34)31-22-6-8-29-14-30-22)18(25)10-20(17)35-19-7-9-32(13-23(26,27)28)12-16(19)15-4-2-1-3-5-15/h1-6,8,10-11,14,16,19H,7,9,12-13H2,(H,29,30,31)/t16-,19+/m1/s1. The number of hydrogen-bond donors (Lipinski definition) is 1. The van der Waals surface area contributed by atoms with Crippen LogP contribution in [0.4, 0.5) is 27.8 Å². The molecule has 0 unspecified atom stereocenters. The van der Waals surface area contributed by atoms with Gasteiger partial charge in [-0.15, -0.1) is 0 Å². The van der Waals surface area contributed by atoms with Crippen LogP contribution >= 0.6 is 0 Å². The van der Waals surface area contributed by atoms with E-state index in [1.807, 2.05) is 4.72 Å². The molecule has 1 aliphatic heterocycles. The molecule has 0 bridgehead atoms. The number of nitrogens with one attached hydrogen (secondary N) is 1. The molecular weight excluding hydrogens is 507 g/mol. The van der Waals surface area contributed by atoms with Gasteiger partial charge in [0.1, 0.15) is 29.0 Å². The number of ether oxygens (including phenoxy) is 1. The number of halogens is 5. The minimum atomic E-state index is -4.52. The topological polar surface area (TPSA) is 84.4 Å². The number of sulfonamides is 1. The Morgan fingerprint density at radius 1 is 1.08 bits per heavy atom. The van der Waals surface area contributed by atoms with E-state index in [4.69, 9.17) is 4.74 Å². The van der Waals surface area contributed by atoms with Crippen LogP contribution in [-0.2, 0) is 10.0 Å². The summed E-state index contributed by atoms with van der Waals surface area (Å²) >= 11 is 0. The second-order valence-corrected chi connectivity index (χ2v) is 9.88. The van der Waals surface area contributed by atoms with E-state index < -0.39 is 57.0 Å². The number of piperidine rings is 1. The van der Waals surface area contributed by atoms with Crippen LogP contribution in [0.5, 0.6) is 5.75 Å². The van der Waals surface area contributed by atoms with Crippen molar-refractivity contribution in [3.05, 3.63) is 78.3 Å². The number of rotatable bonds is 7. The van der Waals surface area contributed by atoms with Crippen LogP contribution in [0.2, 0.25) is 0 Å². The van der Waals surface area contributed by atoms with Crippen LogP contribution in [0.25, 0.3) is 0 Å². The Balaban J connectivity index is 1.57. The van der Waals surface area contributed by atoms with Crippen LogP contribution < -0.4 is 9.46 Å². The molecule has 2 aromatic carbocycles. The molecule has 0 radical (unpaired) electrons. The summed E-state index contributed by atoms with van der Waals surface area (Å²) in [5, 5.41) is 0. The van der Waals surface area contributed by atoms with Crippen LogP contribution in [0.1, 0.15) is 17.9 Å². The third-order valence-corrected chi connectivity index (χ3v) is 7.01. The van der Waals surface area contributed by atoms with Crippen molar-refractivity contribution < 1.29 is 35.1 Å². The molecule has 0 spiro atoms. The molecule has 1 fully saturated rings. The lowest BCUT2D eigenvalue weighted by Gasteiger charge is -2.39. The zero-order valence-corrected chi connectivity index (χ0v) is 19.4. The normalized spacial score (nSPS) is 19.1. The van der Waals surface area contributed by atoms with E-state index in [-0.39, 0.29) is 25.3 Å². The number of aromatic nitrogens is 2. The highest BCUT2D eigenvalue weighted by Crippen LogP contribution is 2.34. The maximum atomic E-state index is 14.9. The van der Waals surface area contributed by atoms with Crippen LogP contribution in [0.3, 0.4) is 0 Å². The zero-order valence-electron chi connectivity index (χ0n) is 18.6. The van der Waals surface area contributed by atoms with Gasteiger partial charge in [-0.05, 0) is 18.1 Å². The summed E-state index contributed by atoms with van der Waals surface area (Å²) in [6, 6.07) is 11.0. The fourth-order valence-electron chi connectivity index (χ4n) is 4.07. The average molecular weight is 529 g/mol. The molecule has 0 aliphatic carbocycles. The lowest BCUT2D eigenvalue weighted by molar-refractivity contribution is -0.150. The monoisotopic (exact) mass is 528 g/mol.